The normalized spacial score (nSPS) is 17.0. The van der Waals surface area contributed by atoms with Gasteiger partial charge < -0.3 is 24.0 Å². The average molecular weight is 1030 g/mol. The molecule has 3 aliphatic rings. The molecule has 0 amide bonds. The average Bonchev–Trinajstić information content (AvgIpc) is 3.45. The van der Waals surface area contributed by atoms with Crippen LogP contribution in [0.2, 0.25) is 0 Å². The van der Waals surface area contributed by atoms with Crippen LogP contribution in [0.15, 0.2) is 132 Å². The lowest BCUT2D eigenvalue weighted by atomic mass is 9.80. The standard InChI is InChI=1S/C24H32N2O2.C23H30N2O2.C15H21NO2S/c1-5-24(25(3)4,18-20-8-6-19(2)7-9-20)23(27)21-10-12-22(13-11-21)26-14-16-28-17-15-26;1-4-23(24(2)3,18-19-8-6-5-7-9-19)22(26)20-10-12-21(13-11-20)25-14-16-27-17-15-25;1-15(2,16-8-10-18-11-9-16)14(17)12-4-6-13(19-3)7-5-12/h6-13H,5,14-18H2,1-4H3;5-13H,4,14-18H2,1-3H3;4-7H,8-11H2,1-3H3. The van der Waals surface area contributed by atoms with Crippen LogP contribution in [0.4, 0.5) is 11.4 Å². The van der Waals surface area contributed by atoms with Crippen LogP contribution in [0.25, 0.3) is 0 Å². The molecule has 8 rings (SSSR count). The molecule has 0 aromatic heterocycles. The summed E-state index contributed by atoms with van der Waals surface area (Å²) in [6.45, 7) is 20.0. The van der Waals surface area contributed by atoms with E-state index in [4.69, 9.17) is 14.2 Å². The van der Waals surface area contributed by atoms with Crippen LogP contribution in [-0.4, -0.2) is 162 Å². The molecule has 3 saturated heterocycles. The van der Waals surface area contributed by atoms with Gasteiger partial charge in [0.25, 0.3) is 0 Å². The number of Topliss-reactive ketones (excluding diaryl/α,β-unsaturated/α-hetero) is 3. The van der Waals surface area contributed by atoms with E-state index in [1.807, 2.05) is 115 Å². The number of thioether (sulfide) groups is 1. The van der Waals surface area contributed by atoms with Crippen molar-refractivity contribution in [3.63, 3.8) is 0 Å². The van der Waals surface area contributed by atoms with Crippen molar-refractivity contribution < 1.29 is 28.6 Å². The minimum atomic E-state index is -0.546. The SMILES string of the molecule is CCC(Cc1ccc(C)cc1)(C(=O)c1ccc(N2CCOCC2)cc1)N(C)C.CCC(Cc1ccccc1)(C(=O)c1ccc(N2CCOCC2)cc1)N(C)C.CSc1ccc(C(=O)C(C)(C)N2CCOCC2)cc1. The van der Waals surface area contributed by atoms with Crippen molar-refractivity contribution in [1.82, 2.24) is 14.7 Å². The van der Waals surface area contributed by atoms with Crippen molar-refractivity contribution >= 4 is 40.5 Å². The monoisotopic (exact) mass is 1030 g/mol. The van der Waals surface area contributed by atoms with Crippen molar-refractivity contribution in [3.8, 4) is 0 Å². The van der Waals surface area contributed by atoms with E-state index in [1.165, 1.54) is 21.6 Å². The molecule has 12 heteroatoms. The van der Waals surface area contributed by atoms with E-state index in [9.17, 15) is 14.4 Å². The van der Waals surface area contributed by atoms with E-state index in [2.05, 4.69) is 106 Å². The van der Waals surface area contributed by atoms with Crippen LogP contribution in [0.1, 0.15) is 88.3 Å². The number of ether oxygens (including phenoxy) is 3. The number of carbonyl (C=O) groups is 3. The van der Waals surface area contributed by atoms with Crippen molar-refractivity contribution in [3.05, 3.63) is 161 Å². The number of rotatable bonds is 18. The lowest BCUT2D eigenvalue weighted by molar-refractivity contribution is -0.00430. The van der Waals surface area contributed by atoms with E-state index >= 15 is 0 Å². The molecule has 0 spiro atoms. The topological polar surface area (TPSA) is 95.1 Å². The van der Waals surface area contributed by atoms with Gasteiger partial charge >= 0.3 is 0 Å². The second-order valence-corrected chi connectivity index (χ2v) is 21.4. The van der Waals surface area contributed by atoms with Crippen LogP contribution >= 0.6 is 11.8 Å². The summed E-state index contributed by atoms with van der Waals surface area (Å²) in [7, 11) is 8.04. The Morgan fingerprint density at radius 2 is 0.865 bits per heavy atom. The Hall–Kier alpha value is -5.18. The molecule has 2 atom stereocenters. The summed E-state index contributed by atoms with van der Waals surface area (Å²) in [5, 5.41) is 0. The first-order valence-electron chi connectivity index (χ1n) is 26.5. The zero-order valence-corrected chi connectivity index (χ0v) is 46.8. The third-order valence-electron chi connectivity index (χ3n) is 15.4. The van der Waals surface area contributed by atoms with Gasteiger partial charge in [-0.05, 0) is 153 Å². The Balaban J connectivity index is 0.000000184. The molecule has 3 aliphatic heterocycles. The molecule has 3 heterocycles. The number of hydrogen-bond donors (Lipinski definition) is 0. The van der Waals surface area contributed by atoms with Gasteiger partial charge in [-0.2, -0.15) is 0 Å². The Labute approximate surface area is 447 Å². The molecule has 0 N–H and O–H groups in total. The summed E-state index contributed by atoms with van der Waals surface area (Å²) < 4.78 is 16.2. The molecule has 11 nitrogen and oxygen atoms in total. The molecule has 0 aliphatic carbocycles. The zero-order chi connectivity index (χ0) is 53.3. The van der Waals surface area contributed by atoms with Gasteiger partial charge in [0.1, 0.15) is 0 Å². The number of benzene rings is 5. The van der Waals surface area contributed by atoms with Gasteiger partial charge in [-0.25, -0.2) is 0 Å². The highest BCUT2D eigenvalue weighted by atomic mass is 32.2. The first kappa shape index (κ1) is 58.1. The summed E-state index contributed by atoms with van der Waals surface area (Å²) >= 11 is 1.69. The maximum Gasteiger partial charge on any atom is 0.183 e. The minimum Gasteiger partial charge on any atom is -0.379 e. The highest BCUT2D eigenvalue weighted by Gasteiger charge is 2.41. The van der Waals surface area contributed by atoms with Gasteiger partial charge in [0.2, 0.25) is 0 Å². The molecule has 2 unspecified atom stereocenters. The second-order valence-electron chi connectivity index (χ2n) is 20.6. The molecular formula is C62H83N5O6S. The molecule has 74 heavy (non-hydrogen) atoms. The molecule has 5 aromatic carbocycles. The van der Waals surface area contributed by atoms with E-state index in [1.54, 1.807) is 11.8 Å². The van der Waals surface area contributed by atoms with Crippen molar-refractivity contribution in [2.24, 2.45) is 0 Å². The first-order valence-corrected chi connectivity index (χ1v) is 27.7. The number of nitrogens with zero attached hydrogens (tertiary/aromatic N) is 5. The highest BCUT2D eigenvalue weighted by molar-refractivity contribution is 7.98. The van der Waals surface area contributed by atoms with Crippen LogP contribution < -0.4 is 9.80 Å². The fraction of sp³-hybridized carbons (Fsp3) is 0.468. The third-order valence-corrected chi connectivity index (χ3v) is 16.1. The molecular weight excluding hydrogens is 943 g/mol. The Morgan fingerprint density at radius 1 is 0.500 bits per heavy atom. The molecule has 0 saturated carbocycles. The predicted octanol–water partition coefficient (Wildman–Crippen LogP) is 10.3. The fourth-order valence-electron chi connectivity index (χ4n) is 10.3. The first-order chi connectivity index (χ1) is 35.6. The van der Waals surface area contributed by atoms with Gasteiger partial charge in [-0.15, -0.1) is 11.8 Å². The summed E-state index contributed by atoms with van der Waals surface area (Å²) in [5.74, 6) is 0.559. The lowest BCUT2D eigenvalue weighted by Crippen LogP contribution is -2.54. The fourth-order valence-corrected chi connectivity index (χ4v) is 10.7. The van der Waals surface area contributed by atoms with E-state index in [0.717, 1.165) is 107 Å². The Morgan fingerprint density at radius 3 is 1.24 bits per heavy atom. The number of anilines is 2. The zero-order valence-electron chi connectivity index (χ0n) is 46.0. The largest absolute Gasteiger partial charge is 0.379 e. The van der Waals surface area contributed by atoms with Crippen molar-refractivity contribution in [2.75, 3.05) is 123 Å². The number of ketones is 3. The minimum absolute atomic E-state index is 0.182. The second kappa shape index (κ2) is 27.6. The lowest BCUT2D eigenvalue weighted by Gasteiger charge is -2.39. The van der Waals surface area contributed by atoms with E-state index in [0.29, 0.717) is 26.1 Å². The molecule has 3 fully saturated rings. The molecule has 0 bridgehead atoms. The van der Waals surface area contributed by atoms with Crippen molar-refractivity contribution in [2.45, 2.75) is 81.8 Å². The maximum atomic E-state index is 13.6. The van der Waals surface area contributed by atoms with Gasteiger partial charge in [0.05, 0.1) is 56.3 Å². The van der Waals surface area contributed by atoms with Crippen LogP contribution in [-0.2, 0) is 27.1 Å². The van der Waals surface area contributed by atoms with Crippen LogP contribution in [0.5, 0.6) is 0 Å². The van der Waals surface area contributed by atoms with Gasteiger partial charge in [0, 0.05) is 72.2 Å². The molecule has 5 aromatic rings. The smallest absolute Gasteiger partial charge is 0.183 e. The molecule has 0 radical (unpaired) electrons. The Kier molecular flexibility index (Phi) is 21.6. The van der Waals surface area contributed by atoms with Crippen molar-refractivity contribution in [1.29, 1.82) is 0 Å². The number of carbonyl (C=O) groups excluding carboxylic acids is 3. The third kappa shape index (κ3) is 14.6. The number of morpholine rings is 3. The Bertz CT molecular complexity index is 2500. The number of hydrogen-bond acceptors (Lipinski definition) is 12. The number of likely N-dealkylation sites (N-methyl/N-ethyl adjacent to an activating group) is 2. The summed E-state index contributed by atoms with van der Waals surface area (Å²) in [6.07, 6.45) is 4.98. The van der Waals surface area contributed by atoms with E-state index in [-0.39, 0.29) is 17.3 Å². The number of aryl methyl sites for hydroxylation is 1. The summed E-state index contributed by atoms with van der Waals surface area (Å²) in [5.41, 5.74) is 6.72. The van der Waals surface area contributed by atoms with Gasteiger partial charge in [-0.1, -0.05) is 86.1 Å². The molecule has 398 valence electrons. The van der Waals surface area contributed by atoms with Crippen LogP contribution in [0, 0.1) is 6.92 Å². The summed E-state index contributed by atoms with van der Waals surface area (Å²) in [6, 6.07) is 42.9. The quantitative estimate of drug-likeness (QED) is 0.0618. The maximum absolute atomic E-state index is 13.6. The van der Waals surface area contributed by atoms with Crippen LogP contribution in [0.3, 0.4) is 0 Å². The predicted molar refractivity (Wildman–Crippen MR) is 305 cm³/mol. The van der Waals surface area contributed by atoms with E-state index < -0.39 is 16.6 Å². The summed E-state index contributed by atoms with van der Waals surface area (Å²) in [4.78, 5) is 52.0. The highest BCUT2D eigenvalue weighted by Crippen LogP contribution is 2.31. The van der Waals surface area contributed by atoms with Gasteiger partial charge in [0.15, 0.2) is 17.3 Å². The van der Waals surface area contributed by atoms with Gasteiger partial charge in [-0.3, -0.25) is 29.1 Å².